The second-order valence-corrected chi connectivity index (χ2v) is 10.1. The average molecular weight is 466 g/mol. The van der Waals surface area contributed by atoms with Crippen molar-refractivity contribution >= 4 is 38.2 Å². The molecule has 4 aromatic rings. The highest BCUT2D eigenvalue weighted by molar-refractivity contribution is 7.22. The van der Waals surface area contributed by atoms with Gasteiger partial charge in [-0.3, -0.25) is 4.79 Å². The van der Waals surface area contributed by atoms with E-state index in [4.69, 9.17) is 5.73 Å². The zero-order valence-corrected chi connectivity index (χ0v) is 19.2. The van der Waals surface area contributed by atoms with Gasteiger partial charge in [-0.05, 0) is 50.8 Å². The van der Waals surface area contributed by atoms with E-state index in [0.29, 0.717) is 46.2 Å². The molecule has 10 heteroatoms. The Balaban J connectivity index is 1.40. The van der Waals surface area contributed by atoms with Crippen molar-refractivity contribution in [1.82, 2.24) is 24.9 Å². The van der Waals surface area contributed by atoms with Gasteiger partial charge >= 0.3 is 0 Å². The smallest absolute Gasteiger partial charge is 0.252 e. The molecule has 0 aliphatic carbocycles. The van der Waals surface area contributed by atoms with Crippen molar-refractivity contribution in [3.05, 3.63) is 41.5 Å². The molecule has 3 atom stereocenters. The summed E-state index contributed by atoms with van der Waals surface area (Å²) in [5.74, 6) is -1.01. The molecule has 2 bridgehead atoms. The fourth-order valence-electron chi connectivity index (χ4n) is 5.19. The Kier molecular flexibility index (Phi) is 4.63. The summed E-state index contributed by atoms with van der Waals surface area (Å²) in [6.45, 7) is 1.81. The molecular weight excluding hydrogens is 441 g/mol. The highest BCUT2D eigenvalue weighted by atomic mass is 32.1. The van der Waals surface area contributed by atoms with Crippen LogP contribution in [0.25, 0.3) is 27.1 Å². The van der Waals surface area contributed by atoms with Crippen molar-refractivity contribution in [2.24, 2.45) is 5.73 Å². The number of halogens is 1. The van der Waals surface area contributed by atoms with E-state index >= 15 is 4.39 Å². The number of nitrogens with one attached hydrogen (secondary N) is 1. The van der Waals surface area contributed by atoms with Crippen LogP contribution in [-0.4, -0.2) is 50.7 Å². The van der Waals surface area contributed by atoms with Gasteiger partial charge in [0.1, 0.15) is 5.52 Å². The molecular formula is C23H24FN7OS. The number of benzene rings is 1. The van der Waals surface area contributed by atoms with Gasteiger partial charge < -0.3 is 16.0 Å². The number of thiazole rings is 1. The predicted molar refractivity (Wildman–Crippen MR) is 126 cm³/mol. The van der Waals surface area contributed by atoms with Crippen molar-refractivity contribution in [1.29, 1.82) is 0 Å². The quantitative estimate of drug-likeness (QED) is 0.480. The number of fused-ring (bicyclic) bond motifs is 4. The maximum absolute atomic E-state index is 15.1. The van der Waals surface area contributed by atoms with Crippen LogP contribution in [0.5, 0.6) is 0 Å². The number of amides is 1. The van der Waals surface area contributed by atoms with E-state index in [1.54, 1.807) is 12.3 Å². The third-order valence-corrected chi connectivity index (χ3v) is 7.93. The summed E-state index contributed by atoms with van der Waals surface area (Å²) in [7, 11) is 2.06. The maximum atomic E-state index is 15.1. The number of aromatic nitrogens is 4. The first-order valence-electron chi connectivity index (χ1n) is 11.1. The first-order valence-corrected chi connectivity index (χ1v) is 11.9. The Labute approximate surface area is 193 Å². The molecule has 5 heterocycles. The lowest BCUT2D eigenvalue weighted by Gasteiger charge is -2.35. The first-order chi connectivity index (χ1) is 15.9. The van der Waals surface area contributed by atoms with E-state index in [0.717, 1.165) is 22.7 Å². The van der Waals surface area contributed by atoms with Gasteiger partial charge in [0, 0.05) is 30.7 Å². The fourth-order valence-corrected chi connectivity index (χ4v) is 6.24. The van der Waals surface area contributed by atoms with Crippen LogP contribution in [-0.2, 0) is 0 Å². The number of nitrogens with zero attached hydrogens (tertiary/aromatic N) is 5. The van der Waals surface area contributed by atoms with Gasteiger partial charge in [0.25, 0.3) is 5.91 Å². The number of primary amides is 1. The van der Waals surface area contributed by atoms with Crippen LogP contribution in [0.4, 0.5) is 9.52 Å². The van der Waals surface area contributed by atoms with Gasteiger partial charge in [0.2, 0.25) is 0 Å². The summed E-state index contributed by atoms with van der Waals surface area (Å²) < 4.78 is 17.4. The van der Waals surface area contributed by atoms with E-state index in [2.05, 4.69) is 32.3 Å². The highest BCUT2D eigenvalue weighted by Crippen LogP contribution is 2.37. The summed E-state index contributed by atoms with van der Waals surface area (Å²) in [5.41, 5.74) is 8.30. The molecule has 1 amide bonds. The zero-order chi connectivity index (χ0) is 22.9. The van der Waals surface area contributed by atoms with Crippen LogP contribution >= 0.6 is 11.3 Å². The number of hydrogen-bond acceptors (Lipinski definition) is 7. The minimum atomic E-state index is -0.603. The Hall–Kier alpha value is -3.11. The van der Waals surface area contributed by atoms with Crippen LogP contribution in [0, 0.1) is 12.7 Å². The summed E-state index contributed by atoms with van der Waals surface area (Å²) in [6.07, 6.45) is 6.34. The molecule has 8 nitrogen and oxygen atoms in total. The summed E-state index contributed by atoms with van der Waals surface area (Å²) in [6, 6.07) is 6.41. The Bertz CT molecular complexity index is 1400. The number of carbonyl (C=O) groups is 1. The van der Waals surface area contributed by atoms with Crippen LogP contribution in [0.1, 0.15) is 41.7 Å². The van der Waals surface area contributed by atoms with Crippen molar-refractivity contribution < 1.29 is 9.18 Å². The Morgan fingerprint density at radius 1 is 1.24 bits per heavy atom. The van der Waals surface area contributed by atoms with Gasteiger partial charge in [0.05, 0.1) is 27.8 Å². The standard InChI is InChI=1S/C23H24FN7OS/c1-11-10-31-22(26-11)16(21(25)32)9-18(29-31)12-5-17(24)20-19(6-12)33-23(28-20)30(2)15-7-13-3-4-14(8-15)27-13/h5-6,9-10,13-15,27H,3-4,7-8H2,1-2H3,(H2,25,32)/t13-,14+,15-. The van der Waals surface area contributed by atoms with E-state index in [-0.39, 0.29) is 5.56 Å². The lowest BCUT2D eigenvalue weighted by molar-refractivity contribution is 0.100. The second kappa shape index (κ2) is 7.46. The monoisotopic (exact) mass is 465 g/mol. The molecule has 2 fully saturated rings. The number of piperidine rings is 1. The number of carbonyl (C=O) groups excluding carboxylic acids is 1. The van der Waals surface area contributed by atoms with Crippen LogP contribution in [0.2, 0.25) is 0 Å². The number of nitrogens with two attached hydrogens (primary N) is 1. The molecule has 33 heavy (non-hydrogen) atoms. The number of anilines is 1. The van der Waals surface area contributed by atoms with Gasteiger partial charge in [-0.15, -0.1) is 0 Å². The van der Waals surface area contributed by atoms with Crippen LogP contribution in [0.15, 0.2) is 24.4 Å². The zero-order valence-electron chi connectivity index (χ0n) is 18.4. The molecule has 6 rings (SSSR count). The fraction of sp³-hybridized carbons (Fsp3) is 0.391. The van der Waals surface area contributed by atoms with Crippen LogP contribution < -0.4 is 16.0 Å². The molecule has 2 aliphatic rings. The second-order valence-electron chi connectivity index (χ2n) is 9.13. The van der Waals surface area contributed by atoms with Crippen molar-refractivity contribution in [2.75, 3.05) is 11.9 Å². The molecule has 3 N–H and O–H groups in total. The summed E-state index contributed by atoms with van der Waals surface area (Å²) in [4.78, 5) is 23.2. The SMILES string of the molecule is Cc1cn2nc(-c3cc(F)c4nc(N(C)[C@@H]5C[C@H]6CC[C@@H](C5)N6)sc4c3)cc(C(N)=O)c2n1. The lowest BCUT2D eigenvalue weighted by atomic mass is 9.99. The largest absolute Gasteiger partial charge is 0.365 e. The Morgan fingerprint density at radius 3 is 2.73 bits per heavy atom. The average Bonchev–Trinajstić information content (AvgIpc) is 3.47. The molecule has 170 valence electrons. The Morgan fingerprint density at radius 2 is 2.00 bits per heavy atom. The minimum Gasteiger partial charge on any atom is -0.365 e. The van der Waals surface area contributed by atoms with E-state index in [9.17, 15) is 4.79 Å². The van der Waals surface area contributed by atoms with Gasteiger partial charge in [-0.1, -0.05) is 11.3 Å². The lowest BCUT2D eigenvalue weighted by Crippen LogP contribution is -2.47. The first kappa shape index (κ1) is 20.5. The maximum Gasteiger partial charge on any atom is 0.252 e. The summed E-state index contributed by atoms with van der Waals surface area (Å²) >= 11 is 1.48. The number of imidazole rings is 1. The molecule has 3 aromatic heterocycles. The van der Waals surface area contributed by atoms with Crippen molar-refractivity contribution in [3.8, 4) is 11.3 Å². The normalized spacial score (nSPS) is 22.3. The molecule has 0 spiro atoms. The number of aryl methyl sites for hydroxylation is 1. The van der Waals surface area contributed by atoms with E-state index in [1.807, 2.05) is 13.0 Å². The minimum absolute atomic E-state index is 0.249. The third kappa shape index (κ3) is 3.44. The molecule has 2 saturated heterocycles. The molecule has 0 radical (unpaired) electrons. The topological polar surface area (TPSA) is 101 Å². The van der Waals surface area contributed by atoms with Crippen molar-refractivity contribution in [2.45, 2.75) is 50.7 Å². The molecule has 2 aliphatic heterocycles. The predicted octanol–water partition coefficient (Wildman–Crippen LogP) is 3.27. The van der Waals surface area contributed by atoms with Gasteiger partial charge in [0.15, 0.2) is 16.6 Å². The van der Waals surface area contributed by atoms with Crippen molar-refractivity contribution in [3.63, 3.8) is 0 Å². The number of rotatable bonds is 4. The molecule has 0 saturated carbocycles. The molecule has 0 unspecified atom stereocenters. The summed E-state index contributed by atoms with van der Waals surface area (Å²) in [5, 5.41) is 9.03. The van der Waals surface area contributed by atoms with Gasteiger partial charge in [-0.2, -0.15) is 5.10 Å². The number of hydrogen-bond donors (Lipinski definition) is 2. The van der Waals surface area contributed by atoms with E-state index in [1.165, 1.54) is 34.8 Å². The van der Waals surface area contributed by atoms with Crippen LogP contribution in [0.3, 0.4) is 0 Å². The molecule has 1 aromatic carbocycles. The van der Waals surface area contributed by atoms with E-state index < -0.39 is 11.7 Å². The highest BCUT2D eigenvalue weighted by Gasteiger charge is 2.36. The third-order valence-electron chi connectivity index (χ3n) is 6.84. The van der Waals surface area contributed by atoms with Gasteiger partial charge in [-0.25, -0.2) is 18.9 Å².